The number of ether oxygens (including phenoxy) is 1. The van der Waals surface area contributed by atoms with Crippen molar-refractivity contribution in [2.75, 3.05) is 0 Å². The Hall–Kier alpha value is -5.30. The molecule has 9 N–H and O–H groups in total. The molecule has 8 atom stereocenters. The van der Waals surface area contributed by atoms with Crippen LogP contribution in [0.15, 0.2) is 0 Å². The standard InChI is InChI=1S/C52H91N7O13/c1-12-13-14-15-16-17-18-19-20-21-35-28-42(60)53-36(22-23-43(61)62)46(65)54-37(24-30(2)3)47(66)56-39(26-32(6)7)50(69)59-45(34(10)11)51(70)57-40(29-44(63)64)49(68)55-38(25-31(4)5)48(67)58-41(27-33(8)9)52(71)72-35/h30-41,45H,12-29H2,1-11H3,(H,53,60)(H,54,65)(H,55,68)(H,56,66)(H,57,70)(H,58,67)(H,59,69)(H,61,62)(H,63,64)/t35?,36-,37-,38+,39+,40-,41-,45-/m0/s1. The molecular formula is C52H91N7O13. The number of carboxylic acid groups (broad SMARTS) is 2. The summed E-state index contributed by atoms with van der Waals surface area (Å²) in [6.45, 7) is 19.8. The lowest BCUT2D eigenvalue weighted by molar-refractivity contribution is -0.155. The lowest BCUT2D eigenvalue weighted by Crippen LogP contribution is -2.61. The minimum atomic E-state index is -1.72. The first-order valence-corrected chi connectivity index (χ1v) is 26.5. The summed E-state index contributed by atoms with van der Waals surface area (Å²) < 4.78 is 6.03. The quantitative estimate of drug-likeness (QED) is 0.0465. The second-order valence-electron chi connectivity index (χ2n) is 21.6. The van der Waals surface area contributed by atoms with Gasteiger partial charge in [-0.1, -0.05) is 128 Å². The van der Waals surface area contributed by atoms with Crippen molar-refractivity contribution < 1.29 is 62.9 Å². The number of rotatable bonds is 24. The highest BCUT2D eigenvalue weighted by Gasteiger charge is 2.37. The molecule has 20 heteroatoms. The fourth-order valence-electron chi connectivity index (χ4n) is 8.45. The van der Waals surface area contributed by atoms with Gasteiger partial charge < -0.3 is 52.2 Å². The fraction of sp³-hybridized carbons (Fsp3) is 0.808. The number of amides is 7. The summed E-state index contributed by atoms with van der Waals surface area (Å²) in [5.74, 6) is -10.8. The topological polar surface area (TPSA) is 305 Å². The van der Waals surface area contributed by atoms with E-state index in [-0.39, 0.29) is 62.2 Å². The van der Waals surface area contributed by atoms with E-state index in [1.165, 1.54) is 12.8 Å². The molecule has 1 fully saturated rings. The summed E-state index contributed by atoms with van der Waals surface area (Å²) in [7, 11) is 0. The van der Waals surface area contributed by atoms with E-state index in [4.69, 9.17) is 4.74 Å². The normalized spacial score (nSPS) is 24.1. The van der Waals surface area contributed by atoms with Gasteiger partial charge in [0.2, 0.25) is 41.4 Å². The molecule has 20 nitrogen and oxygen atoms in total. The molecule has 412 valence electrons. The van der Waals surface area contributed by atoms with Gasteiger partial charge in [-0.25, -0.2) is 4.79 Å². The first-order chi connectivity index (χ1) is 33.7. The van der Waals surface area contributed by atoms with Crippen molar-refractivity contribution in [3.63, 3.8) is 0 Å². The molecule has 1 rings (SSSR count). The Morgan fingerprint density at radius 3 is 1.29 bits per heavy atom. The van der Waals surface area contributed by atoms with Gasteiger partial charge in [0, 0.05) is 6.42 Å². The van der Waals surface area contributed by atoms with Crippen LogP contribution in [0.4, 0.5) is 0 Å². The van der Waals surface area contributed by atoms with Crippen LogP contribution in [-0.2, 0) is 52.7 Å². The fourth-order valence-corrected chi connectivity index (χ4v) is 8.45. The van der Waals surface area contributed by atoms with Crippen molar-refractivity contribution in [3.05, 3.63) is 0 Å². The number of carbonyl (C=O) groups is 10. The van der Waals surface area contributed by atoms with Crippen LogP contribution in [0.1, 0.15) is 192 Å². The molecule has 1 aliphatic heterocycles. The van der Waals surface area contributed by atoms with Crippen LogP contribution in [0.2, 0.25) is 0 Å². The number of carboxylic acids is 2. The number of esters is 1. The molecule has 1 aliphatic rings. The molecule has 0 bridgehead atoms. The highest BCUT2D eigenvalue weighted by Crippen LogP contribution is 2.19. The average molecular weight is 1020 g/mol. The van der Waals surface area contributed by atoms with E-state index in [1.54, 1.807) is 55.4 Å². The molecule has 7 amide bonds. The Labute approximate surface area is 428 Å². The molecule has 0 aromatic heterocycles. The maximum Gasteiger partial charge on any atom is 0.328 e. The highest BCUT2D eigenvalue weighted by molar-refractivity contribution is 5.98. The molecule has 1 unspecified atom stereocenters. The largest absolute Gasteiger partial charge is 0.481 e. The number of aliphatic carboxylic acids is 2. The van der Waals surface area contributed by atoms with E-state index in [9.17, 15) is 58.2 Å². The van der Waals surface area contributed by atoms with Crippen LogP contribution >= 0.6 is 0 Å². The predicted octanol–water partition coefficient (Wildman–Crippen LogP) is 4.80. The maximum absolute atomic E-state index is 14.2. The number of nitrogens with one attached hydrogen (secondary N) is 7. The zero-order valence-corrected chi connectivity index (χ0v) is 45.1. The number of unbranched alkanes of at least 4 members (excludes halogenated alkanes) is 8. The molecule has 0 aromatic carbocycles. The number of cyclic esters (lactones) is 1. The first kappa shape index (κ1) is 64.7. The predicted molar refractivity (Wildman–Crippen MR) is 272 cm³/mol. The first-order valence-electron chi connectivity index (χ1n) is 26.5. The number of hydrogen-bond donors (Lipinski definition) is 9. The van der Waals surface area contributed by atoms with Gasteiger partial charge in [-0.3, -0.25) is 43.2 Å². The summed E-state index contributed by atoms with van der Waals surface area (Å²) in [5, 5.41) is 37.9. The van der Waals surface area contributed by atoms with Crippen molar-refractivity contribution in [1.82, 2.24) is 37.2 Å². The van der Waals surface area contributed by atoms with Crippen molar-refractivity contribution >= 4 is 59.3 Å². The monoisotopic (exact) mass is 1020 g/mol. The van der Waals surface area contributed by atoms with Gasteiger partial charge in [-0.15, -0.1) is 0 Å². The molecule has 0 saturated carbocycles. The van der Waals surface area contributed by atoms with Crippen molar-refractivity contribution in [2.24, 2.45) is 29.6 Å². The minimum Gasteiger partial charge on any atom is -0.481 e. The van der Waals surface area contributed by atoms with E-state index in [2.05, 4.69) is 44.1 Å². The Balaban J connectivity index is 3.97. The Kier molecular flexibility index (Phi) is 30.7. The van der Waals surface area contributed by atoms with Gasteiger partial charge in [0.25, 0.3) is 0 Å². The van der Waals surface area contributed by atoms with E-state index >= 15 is 0 Å². The number of carbonyl (C=O) groups excluding carboxylic acids is 8. The third-order valence-corrected chi connectivity index (χ3v) is 12.2. The van der Waals surface area contributed by atoms with E-state index in [0.717, 1.165) is 38.5 Å². The van der Waals surface area contributed by atoms with Gasteiger partial charge in [-0.05, 0) is 74.5 Å². The summed E-state index contributed by atoms with van der Waals surface area (Å²) in [6, 6.07) is -9.63. The average Bonchev–Trinajstić information content (AvgIpc) is 3.26. The molecule has 1 saturated heterocycles. The molecule has 0 aliphatic carbocycles. The lowest BCUT2D eigenvalue weighted by atomic mass is 9.98. The SMILES string of the molecule is CCCCCCCCCCCC1CC(=O)N[C@@H](CCC(=O)O)C(=O)N[C@@H](CC(C)C)C(=O)N[C@H](CC(C)C)C(=O)N[C@@H](C(C)C)C(=O)N[C@@H](CC(=O)O)C(=O)N[C@H](CC(C)C)C(=O)N[C@@H](CC(C)C)C(=O)O1. The van der Waals surface area contributed by atoms with Crippen molar-refractivity contribution in [3.8, 4) is 0 Å². The highest BCUT2D eigenvalue weighted by atomic mass is 16.5. The van der Waals surface area contributed by atoms with Gasteiger partial charge in [0.15, 0.2) is 0 Å². The summed E-state index contributed by atoms with van der Waals surface area (Å²) in [4.78, 5) is 136. The van der Waals surface area contributed by atoms with E-state index < -0.39 is 133 Å². The van der Waals surface area contributed by atoms with Crippen LogP contribution in [0.25, 0.3) is 0 Å². The summed E-state index contributed by atoms with van der Waals surface area (Å²) >= 11 is 0. The zero-order chi connectivity index (χ0) is 54.7. The maximum atomic E-state index is 14.2. The Bertz CT molecular complexity index is 1770. The summed E-state index contributed by atoms with van der Waals surface area (Å²) in [6.07, 6.45) is 6.23. The molecule has 0 aromatic rings. The second-order valence-corrected chi connectivity index (χ2v) is 21.6. The van der Waals surface area contributed by atoms with Crippen molar-refractivity contribution in [2.45, 2.75) is 240 Å². The molecule has 0 spiro atoms. The van der Waals surface area contributed by atoms with Crippen LogP contribution in [0, 0.1) is 29.6 Å². The van der Waals surface area contributed by atoms with Gasteiger partial charge >= 0.3 is 17.9 Å². The Morgan fingerprint density at radius 1 is 0.472 bits per heavy atom. The Morgan fingerprint density at radius 2 is 0.861 bits per heavy atom. The van der Waals surface area contributed by atoms with Gasteiger partial charge in [0.05, 0.1) is 12.8 Å². The summed E-state index contributed by atoms with van der Waals surface area (Å²) in [5.41, 5.74) is 0. The van der Waals surface area contributed by atoms with Crippen LogP contribution in [0.5, 0.6) is 0 Å². The van der Waals surface area contributed by atoms with Gasteiger partial charge in [0.1, 0.15) is 48.4 Å². The second kappa shape index (κ2) is 34.2. The zero-order valence-electron chi connectivity index (χ0n) is 45.1. The van der Waals surface area contributed by atoms with Gasteiger partial charge in [-0.2, -0.15) is 0 Å². The number of hydrogen-bond acceptors (Lipinski definition) is 11. The van der Waals surface area contributed by atoms with E-state index in [1.807, 2.05) is 13.8 Å². The smallest absolute Gasteiger partial charge is 0.328 e. The minimum absolute atomic E-state index is 0.0401. The van der Waals surface area contributed by atoms with Crippen LogP contribution < -0.4 is 37.2 Å². The van der Waals surface area contributed by atoms with Crippen molar-refractivity contribution in [1.29, 1.82) is 0 Å². The molecule has 1 heterocycles. The molecular weight excluding hydrogens is 931 g/mol. The third-order valence-electron chi connectivity index (χ3n) is 12.2. The third kappa shape index (κ3) is 26.9. The van der Waals surface area contributed by atoms with Crippen LogP contribution in [0.3, 0.4) is 0 Å². The van der Waals surface area contributed by atoms with E-state index in [0.29, 0.717) is 6.42 Å². The van der Waals surface area contributed by atoms with Crippen LogP contribution in [-0.4, -0.2) is 118 Å². The molecule has 0 radical (unpaired) electrons. The lowest BCUT2D eigenvalue weighted by Gasteiger charge is -2.29. The molecule has 72 heavy (non-hydrogen) atoms.